The van der Waals surface area contributed by atoms with Crippen LogP contribution in [-0.2, 0) is 16.3 Å². The number of nitrogens with zero attached hydrogens (tertiary/aromatic N) is 1. The van der Waals surface area contributed by atoms with Gasteiger partial charge in [0.2, 0.25) is 6.57 Å². The van der Waals surface area contributed by atoms with E-state index in [4.69, 9.17) is 16.3 Å². The number of allylic oxidation sites excluding steroid dienone is 1. The molecule has 23 heavy (non-hydrogen) atoms. The number of rotatable bonds is 7. The van der Waals surface area contributed by atoms with E-state index < -0.39 is 6.57 Å². The maximum Gasteiger partial charge on any atom is 0.201 e. The van der Waals surface area contributed by atoms with Gasteiger partial charge in [-0.05, 0) is 51.2 Å². The molecule has 0 heterocycles. The fourth-order valence-corrected chi connectivity index (χ4v) is 5.54. The van der Waals surface area contributed by atoms with E-state index in [1.807, 2.05) is 38.2 Å². The maximum atomic E-state index is 6.48. The van der Waals surface area contributed by atoms with Crippen LogP contribution in [0.4, 0.5) is 0 Å². The minimum atomic E-state index is -2.25. The van der Waals surface area contributed by atoms with Gasteiger partial charge in [0.25, 0.3) is 0 Å². The van der Waals surface area contributed by atoms with Gasteiger partial charge in [-0.2, -0.15) is 0 Å². The highest BCUT2D eigenvalue weighted by Gasteiger charge is 2.31. The lowest BCUT2D eigenvalue weighted by atomic mass is 9.96. The highest BCUT2D eigenvalue weighted by molar-refractivity contribution is 8.10. The molecule has 2 rings (SSSR count). The number of benzene rings is 1. The Morgan fingerprint density at radius 1 is 1.26 bits per heavy atom. The summed E-state index contributed by atoms with van der Waals surface area (Å²) in [5, 5.41) is 3.33. The molecule has 0 aromatic heterocycles. The monoisotopic (exact) mass is 352 g/mol. The molecule has 0 radical (unpaired) electrons. The lowest BCUT2D eigenvalue weighted by Gasteiger charge is -2.40. The quantitative estimate of drug-likeness (QED) is 0.549. The van der Waals surface area contributed by atoms with Gasteiger partial charge in [0.1, 0.15) is 6.10 Å². The Labute approximate surface area is 146 Å². The Morgan fingerprint density at radius 2 is 1.91 bits per heavy atom. The van der Waals surface area contributed by atoms with Gasteiger partial charge in [-0.3, -0.25) is 5.09 Å². The van der Waals surface area contributed by atoms with E-state index in [1.54, 1.807) is 0 Å². The Balaban J connectivity index is 2.18. The third-order valence-electron chi connectivity index (χ3n) is 4.55. The first-order valence-corrected chi connectivity index (χ1v) is 11.2. The van der Waals surface area contributed by atoms with Crippen molar-refractivity contribution in [3.05, 3.63) is 48.0 Å². The molecule has 0 bridgehead atoms. The summed E-state index contributed by atoms with van der Waals surface area (Å²) >= 11 is 5.97. The molecule has 3 nitrogen and oxygen atoms in total. The van der Waals surface area contributed by atoms with Crippen molar-refractivity contribution in [2.75, 3.05) is 14.1 Å². The van der Waals surface area contributed by atoms with Crippen LogP contribution in [0.3, 0.4) is 0 Å². The summed E-state index contributed by atoms with van der Waals surface area (Å²) in [4.78, 5) is 0. The maximum absolute atomic E-state index is 6.48. The minimum absolute atomic E-state index is 0.106. The van der Waals surface area contributed by atoms with Crippen molar-refractivity contribution in [1.82, 2.24) is 9.76 Å². The molecule has 0 spiro atoms. The van der Waals surface area contributed by atoms with Crippen molar-refractivity contribution >= 4 is 18.4 Å². The van der Waals surface area contributed by atoms with E-state index in [9.17, 15) is 0 Å². The summed E-state index contributed by atoms with van der Waals surface area (Å²) < 4.78 is 8.79. The lowest BCUT2D eigenvalue weighted by molar-refractivity contribution is 0.219. The smallest absolute Gasteiger partial charge is 0.201 e. The summed E-state index contributed by atoms with van der Waals surface area (Å²) in [7, 11) is 4.06. The van der Waals surface area contributed by atoms with Crippen molar-refractivity contribution < 1.29 is 4.52 Å². The first-order valence-electron chi connectivity index (χ1n) is 8.49. The lowest BCUT2D eigenvalue weighted by Crippen LogP contribution is -2.35. The Hall–Kier alpha value is -0.510. The Bertz CT molecular complexity index is 543. The van der Waals surface area contributed by atoms with E-state index in [2.05, 4.69) is 35.0 Å². The molecule has 1 saturated carbocycles. The van der Waals surface area contributed by atoms with Crippen LogP contribution in [0.1, 0.15) is 50.7 Å². The predicted molar refractivity (Wildman–Crippen MR) is 103 cm³/mol. The van der Waals surface area contributed by atoms with E-state index >= 15 is 0 Å². The van der Waals surface area contributed by atoms with E-state index in [0.717, 1.165) is 5.56 Å². The second-order valence-electron chi connectivity index (χ2n) is 6.07. The zero-order valence-electron chi connectivity index (χ0n) is 14.4. The van der Waals surface area contributed by atoms with Crippen LogP contribution in [0.15, 0.2) is 42.5 Å². The fraction of sp³-hybridized carbons (Fsp3) is 0.556. The third kappa shape index (κ3) is 4.98. The zero-order valence-corrected chi connectivity index (χ0v) is 16.2. The van der Waals surface area contributed by atoms with Gasteiger partial charge in [0.05, 0.1) is 0 Å². The van der Waals surface area contributed by atoms with Crippen LogP contribution in [0.2, 0.25) is 0 Å². The first kappa shape index (κ1) is 18.8. The molecule has 1 N–H and O–H groups in total. The highest BCUT2D eigenvalue weighted by atomic mass is 32.5. The first-order chi connectivity index (χ1) is 11.1. The summed E-state index contributed by atoms with van der Waals surface area (Å²) in [6.45, 7) is -0.225. The standard InChI is InChI=1S/C18H29N2OPS/c1-4-11-18(16-12-7-5-8-13-16)21-22(23,19-2)20(3)17-14-9-6-10-15-17/h4-5,7-8,11-13,17-18H,6,9-10,14-15H2,1-3H3,(H,19,23)/b11-4+. The fourth-order valence-electron chi connectivity index (χ4n) is 3.13. The molecule has 1 aliphatic rings. The molecule has 1 fully saturated rings. The molecule has 0 saturated heterocycles. The molecule has 2 atom stereocenters. The largest absolute Gasteiger partial charge is 0.314 e. The number of nitrogens with one attached hydrogen (secondary N) is 1. The Kier molecular flexibility index (Phi) is 7.45. The van der Waals surface area contributed by atoms with Gasteiger partial charge in [0, 0.05) is 6.04 Å². The van der Waals surface area contributed by atoms with Gasteiger partial charge in [-0.15, -0.1) is 0 Å². The normalized spacial score (nSPS) is 20.7. The average molecular weight is 352 g/mol. The summed E-state index contributed by atoms with van der Waals surface area (Å²) in [6, 6.07) is 10.8. The topological polar surface area (TPSA) is 24.5 Å². The molecule has 0 aliphatic heterocycles. The molecule has 1 aliphatic carbocycles. The Morgan fingerprint density at radius 3 is 2.48 bits per heavy atom. The van der Waals surface area contributed by atoms with Crippen molar-refractivity contribution in [3.63, 3.8) is 0 Å². The second-order valence-corrected chi connectivity index (χ2v) is 9.89. The van der Waals surface area contributed by atoms with Crippen LogP contribution in [0, 0.1) is 0 Å². The van der Waals surface area contributed by atoms with Gasteiger partial charge in [-0.25, -0.2) is 4.67 Å². The van der Waals surface area contributed by atoms with Gasteiger partial charge in [-0.1, -0.05) is 61.7 Å². The highest BCUT2D eigenvalue weighted by Crippen LogP contribution is 2.52. The minimum Gasteiger partial charge on any atom is -0.314 e. The molecule has 1 aromatic rings. The van der Waals surface area contributed by atoms with Gasteiger partial charge in [0.15, 0.2) is 0 Å². The number of hydrogen-bond acceptors (Lipinski definition) is 2. The van der Waals surface area contributed by atoms with Gasteiger partial charge >= 0.3 is 0 Å². The molecule has 2 unspecified atom stereocenters. The average Bonchev–Trinajstić information content (AvgIpc) is 2.62. The van der Waals surface area contributed by atoms with Crippen molar-refractivity contribution in [1.29, 1.82) is 0 Å². The van der Waals surface area contributed by atoms with Crippen molar-refractivity contribution in [2.24, 2.45) is 0 Å². The molecular formula is C18H29N2OPS. The van der Waals surface area contributed by atoms with Crippen molar-refractivity contribution in [2.45, 2.75) is 51.2 Å². The van der Waals surface area contributed by atoms with Crippen LogP contribution < -0.4 is 5.09 Å². The third-order valence-corrected chi connectivity index (χ3v) is 8.37. The van der Waals surface area contributed by atoms with Crippen molar-refractivity contribution in [3.8, 4) is 0 Å². The summed E-state index contributed by atoms with van der Waals surface area (Å²) in [6.07, 6.45) is 10.4. The van der Waals surface area contributed by atoms with Crippen LogP contribution >= 0.6 is 6.57 Å². The predicted octanol–water partition coefficient (Wildman–Crippen LogP) is 5.03. The molecule has 128 valence electrons. The van der Waals surface area contributed by atoms with E-state index in [-0.39, 0.29) is 6.10 Å². The summed E-state index contributed by atoms with van der Waals surface area (Å²) in [5.41, 5.74) is 1.15. The van der Waals surface area contributed by atoms with E-state index in [0.29, 0.717) is 6.04 Å². The zero-order chi connectivity index (χ0) is 16.7. The van der Waals surface area contributed by atoms with E-state index in [1.165, 1.54) is 32.1 Å². The number of hydrogen-bond donors (Lipinski definition) is 1. The van der Waals surface area contributed by atoms with Gasteiger partial charge < -0.3 is 4.52 Å². The van der Waals surface area contributed by atoms with Crippen LogP contribution in [-0.4, -0.2) is 24.8 Å². The van der Waals surface area contributed by atoms with Crippen LogP contribution in [0.5, 0.6) is 0 Å². The SMILES string of the molecule is C/C=C/C(OP(=S)(NC)N(C)C1CCCCC1)c1ccccc1. The molecule has 1 aromatic carbocycles. The molecule has 5 heteroatoms. The molecular weight excluding hydrogens is 323 g/mol. The molecule has 0 amide bonds. The second kappa shape index (κ2) is 9.10. The summed E-state index contributed by atoms with van der Waals surface area (Å²) in [5.74, 6) is 0. The van der Waals surface area contributed by atoms with Crippen LogP contribution in [0.25, 0.3) is 0 Å².